The van der Waals surface area contributed by atoms with E-state index < -0.39 is 10.0 Å². The van der Waals surface area contributed by atoms with E-state index in [1.165, 1.54) is 4.31 Å². The molecule has 2 rings (SSSR count). The van der Waals surface area contributed by atoms with E-state index in [1.54, 1.807) is 24.0 Å². The van der Waals surface area contributed by atoms with Gasteiger partial charge in [0.2, 0.25) is 10.0 Å². The zero-order chi connectivity index (χ0) is 14.8. The summed E-state index contributed by atoms with van der Waals surface area (Å²) in [6.45, 7) is 3.30. The molecule has 7 heteroatoms. The SMILES string of the molecule is CCS(=O)(=O)N1CCN(C(=O)c2ccc(I)cc2)CC1. The molecule has 0 radical (unpaired) electrons. The number of benzene rings is 1. The highest BCUT2D eigenvalue weighted by Crippen LogP contribution is 2.13. The Morgan fingerprint density at radius 2 is 1.70 bits per heavy atom. The first kappa shape index (κ1) is 15.7. The van der Waals surface area contributed by atoms with E-state index in [0.29, 0.717) is 31.7 Å². The van der Waals surface area contributed by atoms with Gasteiger partial charge in [-0.05, 0) is 53.8 Å². The Balaban J connectivity index is 2.00. The van der Waals surface area contributed by atoms with Crippen LogP contribution in [0.25, 0.3) is 0 Å². The number of hydrogen-bond donors (Lipinski definition) is 0. The maximum atomic E-state index is 12.3. The molecule has 1 heterocycles. The Labute approximate surface area is 133 Å². The third kappa shape index (κ3) is 3.50. The Morgan fingerprint density at radius 3 is 2.20 bits per heavy atom. The van der Waals surface area contributed by atoms with Gasteiger partial charge >= 0.3 is 0 Å². The van der Waals surface area contributed by atoms with Gasteiger partial charge in [0.05, 0.1) is 5.75 Å². The molecule has 0 aromatic heterocycles. The van der Waals surface area contributed by atoms with E-state index in [1.807, 2.05) is 12.1 Å². The summed E-state index contributed by atoms with van der Waals surface area (Å²) in [4.78, 5) is 14.0. The minimum absolute atomic E-state index is 0.0325. The summed E-state index contributed by atoms with van der Waals surface area (Å²) in [5, 5.41) is 0. The predicted molar refractivity (Wildman–Crippen MR) is 86.1 cm³/mol. The number of piperazine rings is 1. The van der Waals surface area contributed by atoms with Crippen LogP contribution in [0.5, 0.6) is 0 Å². The Kier molecular flexibility index (Phi) is 5.03. The van der Waals surface area contributed by atoms with Crippen LogP contribution in [-0.4, -0.2) is 55.5 Å². The number of hydrogen-bond acceptors (Lipinski definition) is 3. The van der Waals surface area contributed by atoms with Crippen molar-refractivity contribution in [1.82, 2.24) is 9.21 Å². The van der Waals surface area contributed by atoms with Crippen LogP contribution < -0.4 is 0 Å². The summed E-state index contributed by atoms with van der Waals surface area (Å²) < 4.78 is 26.1. The molecule has 0 spiro atoms. The van der Waals surface area contributed by atoms with Crippen LogP contribution in [0, 0.1) is 3.57 Å². The van der Waals surface area contributed by atoms with Gasteiger partial charge in [-0.2, -0.15) is 4.31 Å². The minimum atomic E-state index is -3.15. The van der Waals surface area contributed by atoms with Gasteiger partial charge < -0.3 is 4.90 Å². The Hall–Kier alpha value is -0.670. The molecule has 0 N–H and O–H groups in total. The topological polar surface area (TPSA) is 57.7 Å². The van der Waals surface area contributed by atoms with E-state index in [9.17, 15) is 13.2 Å². The van der Waals surface area contributed by atoms with Gasteiger partial charge in [-0.15, -0.1) is 0 Å². The quantitative estimate of drug-likeness (QED) is 0.711. The summed E-state index contributed by atoms with van der Waals surface area (Å²) in [5.74, 6) is 0.0767. The highest BCUT2D eigenvalue weighted by molar-refractivity contribution is 14.1. The van der Waals surface area contributed by atoms with Crippen molar-refractivity contribution in [2.75, 3.05) is 31.9 Å². The second-order valence-electron chi connectivity index (χ2n) is 4.60. The second kappa shape index (κ2) is 6.40. The first-order chi connectivity index (χ1) is 9.44. The molecule has 0 aliphatic carbocycles. The van der Waals surface area contributed by atoms with Crippen molar-refractivity contribution in [3.63, 3.8) is 0 Å². The van der Waals surface area contributed by atoms with E-state index in [0.717, 1.165) is 3.57 Å². The van der Waals surface area contributed by atoms with Crippen LogP contribution in [-0.2, 0) is 10.0 Å². The highest BCUT2D eigenvalue weighted by Gasteiger charge is 2.27. The fraction of sp³-hybridized carbons (Fsp3) is 0.462. The molecule has 1 fully saturated rings. The molecule has 1 aromatic carbocycles. The average molecular weight is 408 g/mol. The summed E-state index contributed by atoms with van der Waals surface area (Å²) in [5.41, 5.74) is 0.650. The summed E-state index contributed by atoms with van der Waals surface area (Å²) in [6, 6.07) is 7.40. The van der Waals surface area contributed by atoms with Crippen molar-refractivity contribution in [3.05, 3.63) is 33.4 Å². The van der Waals surface area contributed by atoms with Crippen molar-refractivity contribution in [1.29, 1.82) is 0 Å². The highest BCUT2D eigenvalue weighted by atomic mass is 127. The normalized spacial score (nSPS) is 17.2. The second-order valence-corrected chi connectivity index (χ2v) is 8.10. The lowest BCUT2D eigenvalue weighted by Crippen LogP contribution is -2.50. The number of carbonyl (C=O) groups excluding carboxylic acids is 1. The zero-order valence-electron chi connectivity index (χ0n) is 11.3. The summed E-state index contributed by atoms with van der Waals surface area (Å²) >= 11 is 2.19. The van der Waals surface area contributed by atoms with E-state index in [2.05, 4.69) is 22.6 Å². The van der Waals surface area contributed by atoms with Crippen molar-refractivity contribution < 1.29 is 13.2 Å². The summed E-state index contributed by atoms with van der Waals surface area (Å²) in [7, 11) is -3.15. The third-order valence-electron chi connectivity index (χ3n) is 3.38. The Morgan fingerprint density at radius 1 is 1.15 bits per heavy atom. The third-order valence-corrected chi connectivity index (χ3v) is 5.98. The standard InChI is InChI=1S/C13H17IN2O3S/c1-2-20(18,19)16-9-7-15(8-10-16)13(17)11-3-5-12(14)6-4-11/h3-6H,2,7-10H2,1H3. The molecule has 1 amide bonds. The molecule has 1 aromatic rings. The Bertz CT molecular complexity index is 578. The van der Waals surface area contributed by atoms with Crippen LogP contribution >= 0.6 is 22.6 Å². The van der Waals surface area contributed by atoms with Gasteiger partial charge in [0.15, 0.2) is 0 Å². The molecule has 5 nitrogen and oxygen atoms in total. The van der Waals surface area contributed by atoms with Crippen LogP contribution in [0.3, 0.4) is 0 Å². The molecule has 0 saturated carbocycles. The van der Waals surface area contributed by atoms with Gasteiger partial charge in [-0.3, -0.25) is 4.79 Å². The summed E-state index contributed by atoms with van der Waals surface area (Å²) in [6.07, 6.45) is 0. The largest absolute Gasteiger partial charge is 0.336 e. The molecule has 110 valence electrons. The van der Waals surface area contributed by atoms with Gasteiger partial charge in [0.1, 0.15) is 0 Å². The fourth-order valence-electron chi connectivity index (χ4n) is 2.13. The number of halogens is 1. The molecule has 0 bridgehead atoms. The number of carbonyl (C=O) groups is 1. The van der Waals surface area contributed by atoms with Crippen LogP contribution in [0.15, 0.2) is 24.3 Å². The maximum Gasteiger partial charge on any atom is 0.253 e. The number of nitrogens with zero attached hydrogens (tertiary/aromatic N) is 2. The lowest BCUT2D eigenvalue weighted by atomic mass is 10.2. The van der Waals surface area contributed by atoms with Crippen LogP contribution in [0.1, 0.15) is 17.3 Å². The first-order valence-electron chi connectivity index (χ1n) is 6.46. The van der Waals surface area contributed by atoms with E-state index in [4.69, 9.17) is 0 Å². The molecular formula is C13H17IN2O3S. The van der Waals surface area contributed by atoms with Crippen molar-refractivity contribution >= 4 is 38.5 Å². The number of amides is 1. The molecular weight excluding hydrogens is 391 g/mol. The lowest BCUT2D eigenvalue weighted by molar-refractivity contribution is 0.0698. The van der Waals surface area contributed by atoms with Crippen molar-refractivity contribution in [3.8, 4) is 0 Å². The van der Waals surface area contributed by atoms with Crippen LogP contribution in [0.2, 0.25) is 0 Å². The number of rotatable bonds is 3. The number of sulfonamides is 1. The molecule has 0 unspecified atom stereocenters. The molecule has 0 atom stereocenters. The van der Waals surface area contributed by atoms with Gasteiger partial charge in [0, 0.05) is 35.3 Å². The fourth-order valence-corrected chi connectivity index (χ4v) is 3.57. The molecule has 1 saturated heterocycles. The monoisotopic (exact) mass is 408 g/mol. The zero-order valence-corrected chi connectivity index (χ0v) is 14.2. The lowest BCUT2D eigenvalue weighted by Gasteiger charge is -2.33. The first-order valence-corrected chi connectivity index (χ1v) is 9.15. The molecule has 1 aliphatic heterocycles. The maximum absolute atomic E-state index is 12.3. The molecule has 1 aliphatic rings. The minimum Gasteiger partial charge on any atom is -0.336 e. The van der Waals surface area contributed by atoms with Gasteiger partial charge in [-0.1, -0.05) is 0 Å². The van der Waals surface area contributed by atoms with Crippen molar-refractivity contribution in [2.45, 2.75) is 6.92 Å². The van der Waals surface area contributed by atoms with Crippen molar-refractivity contribution in [2.24, 2.45) is 0 Å². The van der Waals surface area contributed by atoms with Gasteiger partial charge in [0.25, 0.3) is 5.91 Å². The predicted octanol–water partition coefficient (Wildman–Crippen LogP) is 1.40. The van der Waals surface area contributed by atoms with Gasteiger partial charge in [-0.25, -0.2) is 8.42 Å². The van der Waals surface area contributed by atoms with E-state index >= 15 is 0 Å². The van der Waals surface area contributed by atoms with E-state index in [-0.39, 0.29) is 11.7 Å². The van der Waals surface area contributed by atoms with Crippen LogP contribution in [0.4, 0.5) is 0 Å². The molecule has 20 heavy (non-hydrogen) atoms. The smallest absolute Gasteiger partial charge is 0.253 e. The average Bonchev–Trinajstić information content (AvgIpc) is 2.47.